The monoisotopic (exact) mass is 216 g/mol. The third-order valence-corrected chi connectivity index (χ3v) is 1.64. The van der Waals surface area contributed by atoms with Crippen LogP contribution >= 0.6 is 0 Å². The van der Waals surface area contributed by atoms with E-state index in [2.05, 4.69) is 9.72 Å². The number of aromatic nitrogens is 1. The summed E-state index contributed by atoms with van der Waals surface area (Å²) in [5, 5.41) is 8.41. The average molecular weight is 216 g/mol. The van der Waals surface area contributed by atoms with E-state index in [1.54, 1.807) is 6.07 Å². The van der Waals surface area contributed by atoms with Crippen LogP contribution in [0.2, 0.25) is 0 Å². The van der Waals surface area contributed by atoms with Gasteiger partial charge in [-0.25, -0.2) is 0 Å². The highest BCUT2D eigenvalue weighted by Gasteiger charge is 2.33. The zero-order chi connectivity index (χ0) is 11.5. The first-order chi connectivity index (χ1) is 6.94. The Hall–Kier alpha value is -1.77. The lowest BCUT2D eigenvalue weighted by Gasteiger charge is -2.13. The van der Waals surface area contributed by atoms with Crippen molar-refractivity contribution >= 4 is 0 Å². The molecule has 3 nitrogen and oxygen atoms in total. The molecule has 1 aromatic rings. The van der Waals surface area contributed by atoms with Gasteiger partial charge in [0.1, 0.15) is 0 Å². The fourth-order valence-electron chi connectivity index (χ4n) is 1.06. The van der Waals surface area contributed by atoms with Crippen LogP contribution in [-0.2, 0) is 6.42 Å². The molecule has 0 aliphatic heterocycles. The fraction of sp³-hybridized carbons (Fsp3) is 0.333. The Morgan fingerprint density at radius 1 is 1.53 bits per heavy atom. The molecule has 0 atom stereocenters. The predicted molar refractivity (Wildman–Crippen MR) is 45.0 cm³/mol. The molecule has 0 bridgehead atoms. The van der Waals surface area contributed by atoms with Crippen molar-refractivity contribution in [2.24, 2.45) is 0 Å². The van der Waals surface area contributed by atoms with Gasteiger partial charge in [-0.15, -0.1) is 13.2 Å². The van der Waals surface area contributed by atoms with Crippen LogP contribution in [0.3, 0.4) is 0 Å². The van der Waals surface area contributed by atoms with Crippen molar-refractivity contribution in [3.05, 3.63) is 23.5 Å². The van der Waals surface area contributed by atoms with Crippen LogP contribution in [0.5, 0.6) is 5.75 Å². The smallest absolute Gasteiger partial charge is 0.404 e. The second-order valence-corrected chi connectivity index (χ2v) is 2.79. The van der Waals surface area contributed by atoms with E-state index in [0.29, 0.717) is 5.56 Å². The second-order valence-electron chi connectivity index (χ2n) is 2.79. The minimum absolute atomic E-state index is 0.00479. The van der Waals surface area contributed by atoms with Crippen molar-refractivity contribution in [2.75, 3.05) is 0 Å². The molecule has 6 heteroatoms. The van der Waals surface area contributed by atoms with E-state index in [1.807, 2.05) is 0 Å². The first kappa shape index (κ1) is 11.3. The Bertz CT molecular complexity index is 395. The van der Waals surface area contributed by atoms with E-state index >= 15 is 0 Å². The van der Waals surface area contributed by atoms with Gasteiger partial charge in [-0.2, -0.15) is 5.26 Å². The molecule has 0 amide bonds. The lowest BCUT2D eigenvalue weighted by molar-refractivity contribution is -0.275. The molecule has 0 radical (unpaired) electrons. The minimum Gasteiger partial charge on any atom is -0.404 e. The molecule has 0 aliphatic rings. The number of halogens is 3. The van der Waals surface area contributed by atoms with Crippen LogP contribution < -0.4 is 4.74 Å². The van der Waals surface area contributed by atoms with Crippen molar-refractivity contribution in [3.8, 4) is 11.8 Å². The summed E-state index contributed by atoms with van der Waals surface area (Å²) in [4.78, 5) is 3.67. The Kier molecular flexibility index (Phi) is 3.14. The second kappa shape index (κ2) is 4.17. The van der Waals surface area contributed by atoms with Crippen molar-refractivity contribution in [2.45, 2.75) is 19.7 Å². The molecule has 0 unspecified atom stereocenters. The third-order valence-electron chi connectivity index (χ3n) is 1.64. The molecule has 0 N–H and O–H groups in total. The van der Waals surface area contributed by atoms with Gasteiger partial charge in [0, 0.05) is 6.20 Å². The van der Waals surface area contributed by atoms with E-state index in [-0.39, 0.29) is 17.9 Å². The Morgan fingerprint density at radius 3 is 2.73 bits per heavy atom. The summed E-state index contributed by atoms with van der Waals surface area (Å²) in [5.74, 6) is -0.383. The fourth-order valence-corrected chi connectivity index (χ4v) is 1.06. The van der Waals surface area contributed by atoms with Crippen LogP contribution in [-0.4, -0.2) is 11.3 Å². The maximum absolute atomic E-state index is 12.0. The highest BCUT2D eigenvalue weighted by Crippen LogP contribution is 2.28. The van der Waals surface area contributed by atoms with Gasteiger partial charge in [0.05, 0.1) is 18.2 Å². The van der Waals surface area contributed by atoms with E-state index in [1.165, 1.54) is 19.2 Å². The topological polar surface area (TPSA) is 45.9 Å². The number of hydrogen-bond acceptors (Lipinski definition) is 3. The largest absolute Gasteiger partial charge is 0.573 e. The summed E-state index contributed by atoms with van der Waals surface area (Å²) in [6, 6.07) is 3.12. The molecule has 0 fully saturated rings. The summed E-state index contributed by atoms with van der Waals surface area (Å²) in [5.41, 5.74) is 0.294. The Labute approximate surface area is 84.1 Å². The van der Waals surface area contributed by atoms with Gasteiger partial charge in [-0.05, 0) is 18.6 Å². The van der Waals surface area contributed by atoms with Crippen LogP contribution in [0.4, 0.5) is 13.2 Å². The van der Waals surface area contributed by atoms with E-state index < -0.39 is 6.36 Å². The van der Waals surface area contributed by atoms with Crippen LogP contribution in [0.15, 0.2) is 12.3 Å². The first-order valence-corrected chi connectivity index (χ1v) is 4.01. The predicted octanol–water partition coefficient (Wildman–Crippen LogP) is 2.35. The quantitative estimate of drug-likeness (QED) is 0.762. The van der Waals surface area contributed by atoms with Crippen LogP contribution in [0.25, 0.3) is 0 Å². The van der Waals surface area contributed by atoms with Crippen LogP contribution in [0.1, 0.15) is 11.3 Å². The lowest BCUT2D eigenvalue weighted by atomic mass is 10.2. The zero-order valence-electron chi connectivity index (χ0n) is 7.80. The Morgan fingerprint density at radius 2 is 2.20 bits per heavy atom. The summed E-state index contributed by atoms with van der Waals surface area (Å²) in [6.07, 6.45) is -3.64. The van der Waals surface area contributed by atoms with E-state index in [4.69, 9.17) is 5.26 Å². The van der Waals surface area contributed by atoms with Gasteiger partial charge in [-0.1, -0.05) is 0 Å². The highest BCUT2D eigenvalue weighted by molar-refractivity contribution is 5.37. The maximum Gasteiger partial charge on any atom is 0.573 e. The van der Waals surface area contributed by atoms with Gasteiger partial charge in [0.25, 0.3) is 0 Å². The number of aryl methyl sites for hydroxylation is 1. The number of alkyl halides is 3. The number of nitrogens with zero attached hydrogens (tertiary/aromatic N) is 2. The molecule has 0 aliphatic carbocycles. The number of hydrogen-bond donors (Lipinski definition) is 0. The van der Waals surface area contributed by atoms with Gasteiger partial charge >= 0.3 is 6.36 Å². The number of ether oxygens (including phenoxy) is 1. The summed E-state index contributed by atoms with van der Waals surface area (Å²) < 4.78 is 39.8. The standard InChI is InChI=1S/C9H7F3N2O/c1-6-3-5-14-7(2-4-13)8(6)15-9(10,11)12/h3,5H,2H2,1H3. The summed E-state index contributed by atoms with van der Waals surface area (Å²) in [6.45, 7) is 1.46. The summed E-state index contributed by atoms with van der Waals surface area (Å²) >= 11 is 0. The van der Waals surface area contributed by atoms with Gasteiger partial charge in [-0.3, -0.25) is 4.98 Å². The van der Waals surface area contributed by atoms with E-state index in [9.17, 15) is 13.2 Å². The lowest BCUT2D eigenvalue weighted by Crippen LogP contribution is -2.19. The first-order valence-electron chi connectivity index (χ1n) is 4.01. The Balaban J connectivity index is 3.09. The number of nitriles is 1. The molecule has 1 heterocycles. The molecule has 15 heavy (non-hydrogen) atoms. The van der Waals surface area contributed by atoms with E-state index in [0.717, 1.165) is 0 Å². The maximum atomic E-state index is 12.0. The molecule has 0 saturated carbocycles. The molecule has 0 saturated heterocycles. The third kappa shape index (κ3) is 3.13. The van der Waals surface area contributed by atoms with Crippen molar-refractivity contribution in [3.63, 3.8) is 0 Å². The minimum atomic E-state index is -4.77. The number of pyridine rings is 1. The van der Waals surface area contributed by atoms with Crippen molar-refractivity contribution in [1.29, 1.82) is 5.26 Å². The SMILES string of the molecule is Cc1ccnc(CC#N)c1OC(F)(F)F. The molecule has 1 aromatic heterocycles. The average Bonchev–Trinajstić information content (AvgIpc) is 2.10. The van der Waals surface area contributed by atoms with Crippen LogP contribution in [0, 0.1) is 18.3 Å². The highest BCUT2D eigenvalue weighted by atomic mass is 19.4. The van der Waals surface area contributed by atoms with Gasteiger partial charge in [0.15, 0.2) is 5.75 Å². The molecular weight excluding hydrogens is 209 g/mol. The number of rotatable bonds is 2. The van der Waals surface area contributed by atoms with Crippen molar-refractivity contribution in [1.82, 2.24) is 4.98 Å². The zero-order valence-corrected chi connectivity index (χ0v) is 7.80. The van der Waals surface area contributed by atoms with Crippen molar-refractivity contribution < 1.29 is 17.9 Å². The molecule has 0 aromatic carbocycles. The van der Waals surface area contributed by atoms with Gasteiger partial charge < -0.3 is 4.74 Å². The molecule has 80 valence electrons. The normalized spacial score (nSPS) is 10.9. The summed E-state index contributed by atoms with van der Waals surface area (Å²) in [7, 11) is 0. The molecule has 0 spiro atoms. The molecule has 1 rings (SSSR count). The van der Waals surface area contributed by atoms with Gasteiger partial charge in [0.2, 0.25) is 0 Å². The molecular formula is C9H7F3N2O.